The van der Waals surface area contributed by atoms with E-state index in [0.29, 0.717) is 10.0 Å². The summed E-state index contributed by atoms with van der Waals surface area (Å²) in [5, 5.41) is 1.36. The molecule has 0 amide bonds. The number of likely N-dealkylation sites (tertiary alicyclic amines) is 1. The van der Waals surface area contributed by atoms with E-state index in [1.807, 2.05) is 6.07 Å². The molecular formula is C22H33Cl2N2+. The second-order valence-electron chi connectivity index (χ2n) is 8.96. The first-order chi connectivity index (χ1) is 12.6. The van der Waals surface area contributed by atoms with Crippen LogP contribution < -0.4 is 0 Å². The molecule has 2 nitrogen and oxygen atoms in total. The average molecular weight is 396 g/mol. The summed E-state index contributed by atoms with van der Waals surface area (Å²) in [6.45, 7) is 3.90. The van der Waals surface area contributed by atoms with E-state index in [1.165, 1.54) is 81.0 Å². The van der Waals surface area contributed by atoms with Crippen LogP contribution in [0.1, 0.15) is 56.9 Å². The minimum atomic E-state index is 0.663. The minimum absolute atomic E-state index is 0.663. The summed E-state index contributed by atoms with van der Waals surface area (Å²) in [4.78, 5) is 2.84. The number of likely N-dealkylation sites (N-methyl/N-ethyl adjacent to an activating group) is 1. The molecule has 3 fully saturated rings. The van der Waals surface area contributed by atoms with Crippen molar-refractivity contribution < 1.29 is 4.48 Å². The van der Waals surface area contributed by atoms with Gasteiger partial charge in [0.15, 0.2) is 0 Å². The van der Waals surface area contributed by atoms with Gasteiger partial charge in [-0.05, 0) is 56.5 Å². The number of halogens is 2. The molecule has 4 heteroatoms. The number of hydrogen-bond donors (Lipinski definition) is 0. The highest BCUT2D eigenvalue weighted by atomic mass is 35.5. The summed E-state index contributed by atoms with van der Waals surface area (Å²) in [6.07, 6.45) is 12.4. The molecule has 4 rings (SSSR count). The molecule has 3 atom stereocenters. The van der Waals surface area contributed by atoms with Crippen LogP contribution in [0.2, 0.25) is 10.0 Å². The Morgan fingerprint density at radius 2 is 1.69 bits per heavy atom. The molecule has 26 heavy (non-hydrogen) atoms. The van der Waals surface area contributed by atoms with Crippen LogP contribution in [0.25, 0.3) is 0 Å². The summed E-state index contributed by atoms with van der Waals surface area (Å²) < 4.78 is 1.28. The van der Waals surface area contributed by atoms with Crippen LogP contribution in [-0.2, 0) is 6.42 Å². The van der Waals surface area contributed by atoms with Gasteiger partial charge in [0.1, 0.15) is 6.04 Å². The lowest BCUT2D eigenvalue weighted by Gasteiger charge is -2.50. The van der Waals surface area contributed by atoms with E-state index >= 15 is 0 Å². The van der Waals surface area contributed by atoms with Gasteiger partial charge >= 0.3 is 0 Å². The van der Waals surface area contributed by atoms with E-state index in [9.17, 15) is 0 Å². The van der Waals surface area contributed by atoms with Gasteiger partial charge in [-0.1, -0.05) is 35.7 Å². The van der Waals surface area contributed by atoms with Crippen LogP contribution in [-0.4, -0.2) is 54.2 Å². The molecule has 1 aliphatic heterocycles. The van der Waals surface area contributed by atoms with Crippen molar-refractivity contribution in [2.75, 3.05) is 26.7 Å². The van der Waals surface area contributed by atoms with Crippen LogP contribution in [0.4, 0.5) is 0 Å². The van der Waals surface area contributed by atoms with Gasteiger partial charge in [-0.3, -0.25) is 4.90 Å². The lowest BCUT2D eigenvalue weighted by molar-refractivity contribution is -0.946. The molecule has 0 N–H and O–H groups in total. The standard InChI is InChI=1S/C22H33Cl2N2/c1-26(18-9-10-18,15-12-17-8-11-19(23)20(24)16-17)22-7-3-2-6-21(22)25-13-4-5-14-25/h8,11,16,18,21-22H,2-7,9-10,12-15H2,1H3/q+1/t21-,22+,26?/m1/s1. The number of nitrogens with zero attached hydrogens (tertiary/aromatic N) is 2. The van der Waals surface area contributed by atoms with Crippen LogP contribution in [0.3, 0.4) is 0 Å². The molecular weight excluding hydrogens is 363 g/mol. The third-order valence-electron chi connectivity index (χ3n) is 7.31. The molecule has 1 saturated heterocycles. The van der Waals surface area contributed by atoms with Crippen LogP contribution in [0.5, 0.6) is 0 Å². The second kappa shape index (κ2) is 7.99. The Bertz CT molecular complexity index is 625. The summed E-state index contributed by atoms with van der Waals surface area (Å²) in [5.41, 5.74) is 1.33. The van der Waals surface area contributed by atoms with Crippen molar-refractivity contribution in [3.05, 3.63) is 33.8 Å². The maximum Gasteiger partial charge on any atom is 0.105 e. The summed E-state index contributed by atoms with van der Waals surface area (Å²) in [7, 11) is 2.56. The fourth-order valence-corrected chi connectivity index (χ4v) is 5.95. The number of quaternary nitrogens is 1. The van der Waals surface area contributed by atoms with Crippen molar-refractivity contribution >= 4 is 23.2 Å². The summed E-state index contributed by atoms with van der Waals surface area (Å²) in [5.74, 6) is 0. The van der Waals surface area contributed by atoms with Crippen molar-refractivity contribution in [1.29, 1.82) is 0 Å². The quantitative estimate of drug-likeness (QED) is 0.570. The minimum Gasteiger partial charge on any atom is -0.320 e. The van der Waals surface area contributed by atoms with Crippen LogP contribution in [0, 0.1) is 0 Å². The van der Waals surface area contributed by atoms with Gasteiger partial charge in [-0.2, -0.15) is 0 Å². The SMILES string of the molecule is C[N+](CCc1ccc(Cl)c(Cl)c1)(C1CC1)[C@H]1CCCC[C@H]1N1CCCC1. The molecule has 2 saturated carbocycles. The highest BCUT2D eigenvalue weighted by Crippen LogP contribution is 2.41. The van der Waals surface area contributed by atoms with E-state index in [1.54, 1.807) is 0 Å². The Kier molecular flexibility index (Phi) is 5.86. The van der Waals surface area contributed by atoms with Crippen molar-refractivity contribution in [1.82, 2.24) is 4.90 Å². The van der Waals surface area contributed by atoms with Gasteiger partial charge in [0, 0.05) is 25.7 Å². The van der Waals surface area contributed by atoms with E-state index in [0.717, 1.165) is 24.5 Å². The van der Waals surface area contributed by atoms with Crippen molar-refractivity contribution in [3.63, 3.8) is 0 Å². The van der Waals surface area contributed by atoms with E-state index in [-0.39, 0.29) is 0 Å². The first-order valence-electron chi connectivity index (χ1n) is 10.6. The zero-order chi connectivity index (χ0) is 18.1. The molecule has 2 aliphatic carbocycles. The second-order valence-corrected chi connectivity index (χ2v) is 9.78. The van der Waals surface area contributed by atoms with E-state index in [4.69, 9.17) is 23.2 Å². The molecule has 1 aromatic rings. The summed E-state index contributed by atoms with van der Waals surface area (Å²) >= 11 is 12.4. The van der Waals surface area contributed by atoms with E-state index < -0.39 is 0 Å². The van der Waals surface area contributed by atoms with Gasteiger partial charge in [-0.15, -0.1) is 0 Å². The monoisotopic (exact) mass is 395 g/mol. The van der Waals surface area contributed by atoms with Gasteiger partial charge in [0.2, 0.25) is 0 Å². The molecule has 3 aliphatic rings. The predicted molar refractivity (Wildman–Crippen MR) is 111 cm³/mol. The lowest BCUT2D eigenvalue weighted by atomic mass is 9.86. The number of benzene rings is 1. The molecule has 1 unspecified atom stereocenters. The average Bonchev–Trinajstić information content (AvgIpc) is 3.38. The zero-order valence-corrected chi connectivity index (χ0v) is 17.6. The largest absolute Gasteiger partial charge is 0.320 e. The van der Waals surface area contributed by atoms with Crippen molar-refractivity contribution in [2.24, 2.45) is 0 Å². The lowest BCUT2D eigenvalue weighted by Crippen LogP contribution is -2.63. The Hall–Kier alpha value is -0.280. The molecule has 0 radical (unpaired) electrons. The zero-order valence-electron chi connectivity index (χ0n) is 16.1. The first kappa shape index (κ1) is 19.1. The van der Waals surface area contributed by atoms with Crippen LogP contribution >= 0.6 is 23.2 Å². The molecule has 1 aromatic carbocycles. The highest BCUT2D eigenvalue weighted by molar-refractivity contribution is 6.42. The third-order valence-corrected chi connectivity index (χ3v) is 8.05. The van der Waals surface area contributed by atoms with Gasteiger partial charge in [0.05, 0.1) is 35.7 Å². The predicted octanol–water partition coefficient (Wildman–Crippen LogP) is 5.55. The molecule has 144 valence electrons. The fraction of sp³-hybridized carbons (Fsp3) is 0.727. The van der Waals surface area contributed by atoms with Gasteiger partial charge < -0.3 is 4.48 Å². The van der Waals surface area contributed by atoms with E-state index in [2.05, 4.69) is 24.1 Å². The molecule has 0 spiro atoms. The molecule has 0 aromatic heterocycles. The number of hydrogen-bond acceptors (Lipinski definition) is 1. The molecule has 0 bridgehead atoms. The number of rotatable bonds is 6. The smallest absolute Gasteiger partial charge is 0.105 e. The highest BCUT2D eigenvalue weighted by Gasteiger charge is 2.50. The third kappa shape index (κ3) is 3.94. The maximum absolute atomic E-state index is 6.25. The maximum atomic E-state index is 6.25. The summed E-state index contributed by atoms with van der Waals surface area (Å²) in [6, 6.07) is 8.69. The normalized spacial score (nSPS) is 29.7. The Balaban J connectivity index is 1.51. The topological polar surface area (TPSA) is 3.24 Å². The van der Waals surface area contributed by atoms with Crippen molar-refractivity contribution in [3.8, 4) is 0 Å². The van der Waals surface area contributed by atoms with Gasteiger partial charge in [0.25, 0.3) is 0 Å². The first-order valence-corrected chi connectivity index (χ1v) is 11.4. The van der Waals surface area contributed by atoms with Gasteiger partial charge in [-0.25, -0.2) is 0 Å². The van der Waals surface area contributed by atoms with Crippen molar-refractivity contribution in [2.45, 2.75) is 75.9 Å². The fourth-order valence-electron chi connectivity index (χ4n) is 5.63. The Morgan fingerprint density at radius 3 is 2.38 bits per heavy atom. The Labute approximate surface area is 169 Å². The van der Waals surface area contributed by atoms with Crippen LogP contribution in [0.15, 0.2) is 18.2 Å². The molecule has 1 heterocycles. The Morgan fingerprint density at radius 1 is 0.962 bits per heavy atom.